The second-order valence-corrected chi connectivity index (χ2v) is 6.33. The number of fused-ring (bicyclic) bond motifs is 3. The number of rotatable bonds is 2. The lowest BCUT2D eigenvalue weighted by atomic mass is 10.1. The Bertz CT molecular complexity index is 647. The van der Waals surface area contributed by atoms with Crippen molar-refractivity contribution in [1.29, 1.82) is 0 Å². The third-order valence-corrected chi connectivity index (χ3v) is 4.87. The van der Waals surface area contributed by atoms with Crippen LogP contribution in [0.3, 0.4) is 0 Å². The summed E-state index contributed by atoms with van der Waals surface area (Å²) in [4.78, 5) is 0. The SMILES string of the molecule is c1ccc2c(c1)-c1ccccc1C2NN=C1CCCCCC1. The van der Waals surface area contributed by atoms with E-state index < -0.39 is 0 Å². The van der Waals surface area contributed by atoms with Crippen molar-refractivity contribution in [3.8, 4) is 11.1 Å². The van der Waals surface area contributed by atoms with E-state index >= 15 is 0 Å². The molecular weight excluding hydrogens is 268 g/mol. The smallest absolute Gasteiger partial charge is 0.0951 e. The number of nitrogens with zero attached hydrogens (tertiary/aromatic N) is 1. The number of hydrogen-bond donors (Lipinski definition) is 1. The molecule has 22 heavy (non-hydrogen) atoms. The van der Waals surface area contributed by atoms with E-state index in [0.29, 0.717) is 0 Å². The summed E-state index contributed by atoms with van der Waals surface area (Å²) in [6.45, 7) is 0. The van der Waals surface area contributed by atoms with Gasteiger partial charge in [0.25, 0.3) is 0 Å². The van der Waals surface area contributed by atoms with E-state index in [1.165, 1.54) is 53.6 Å². The minimum Gasteiger partial charge on any atom is -0.298 e. The number of hydrazone groups is 1. The van der Waals surface area contributed by atoms with Gasteiger partial charge in [0, 0.05) is 5.71 Å². The van der Waals surface area contributed by atoms with Crippen LogP contribution in [0.1, 0.15) is 55.7 Å². The highest BCUT2D eigenvalue weighted by molar-refractivity contribution is 5.84. The van der Waals surface area contributed by atoms with Crippen LogP contribution in [0, 0.1) is 0 Å². The van der Waals surface area contributed by atoms with E-state index in [-0.39, 0.29) is 6.04 Å². The highest BCUT2D eigenvalue weighted by Gasteiger charge is 2.27. The van der Waals surface area contributed by atoms with Crippen LogP contribution in [-0.4, -0.2) is 5.71 Å². The quantitative estimate of drug-likeness (QED) is 0.607. The van der Waals surface area contributed by atoms with Crippen LogP contribution in [0.4, 0.5) is 0 Å². The van der Waals surface area contributed by atoms with E-state index in [0.717, 1.165) is 12.8 Å². The highest BCUT2D eigenvalue weighted by Crippen LogP contribution is 2.43. The Hall–Kier alpha value is -2.09. The van der Waals surface area contributed by atoms with Gasteiger partial charge in [-0.3, -0.25) is 5.43 Å². The molecule has 1 saturated carbocycles. The zero-order valence-electron chi connectivity index (χ0n) is 12.9. The Morgan fingerprint density at radius 3 is 1.86 bits per heavy atom. The number of benzene rings is 2. The van der Waals surface area contributed by atoms with Crippen LogP contribution in [0.2, 0.25) is 0 Å². The fraction of sp³-hybridized carbons (Fsp3) is 0.350. The topological polar surface area (TPSA) is 24.4 Å². The Balaban J connectivity index is 1.65. The largest absolute Gasteiger partial charge is 0.298 e. The summed E-state index contributed by atoms with van der Waals surface area (Å²) in [5.41, 5.74) is 10.2. The monoisotopic (exact) mass is 290 g/mol. The first-order valence-corrected chi connectivity index (χ1v) is 8.43. The van der Waals surface area contributed by atoms with Crippen LogP contribution in [0.5, 0.6) is 0 Å². The summed E-state index contributed by atoms with van der Waals surface area (Å²) in [7, 11) is 0. The van der Waals surface area contributed by atoms with Crippen molar-refractivity contribution in [2.45, 2.75) is 44.6 Å². The summed E-state index contributed by atoms with van der Waals surface area (Å²) in [5, 5.41) is 4.79. The van der Waals surface area contributed by atoms with Crippen molar-refractivity contribution in [3.63, 3.8) is 0 Å². The zero-order valence-corrected chi connectivity index (χ0v) is 12.9. The van der Waals surface area contributed by atoms with E-state index in [1.807, 2.05) is 0 Å². The van der Waals surface area contributed by atoms with Gasteiger partial charge in [0.2, 0.25) is 0 Å². The molecule has 4 rings (SSSR count). The van der Waals surface area contributed by atoms with Gasteiger partial charge in [0.05, 0.1) is 6.04 Å². The zero-order chi connectivity index (χ0) is 14.8. The molecule has 0 aromatic heterocycles. The highest BCUT2D eigenvalue weighted by atomic mass is 15.3. The van der Waals surface area contributed by atoms with Crippen molar-refractivity contribution in [3.05, 3.63) is 59.7 Å². The summed E-state index contributed by atoms with van der Waals surface area (Å²) >= 11 is 0. The van der Waals surface area contributed by atoms with Gasteiger partial charge in [-0.1, -0.05) is 61.4 Å². The molecule has 2 heteroatoms. The van der Waals surface area contributed by atoms with Gasteiger partial charge in [-0.2, -0.15) is 5.10 Å². The summed E-state index contributed by atoms with van der Waals surface area (Å²) in [6, 6.07) is 17.6. The second kappa shape index (κ2) is 5.96. The molecule has 2 nitrogen and oxygen atoms in total. The van der Waals surface area contributed by atoms with Crippen molar-refractivity contribution >= 4 is 5.71 Å². The van der Waals surface area contributed by atoms with E-state index in [4.69, 9.17) is 5.10 Å². The van der Waals surface area contributed by atoms with Gasteiger partial charge in [0.15, 0.2) is 0 Å². The molecule has 1 N–H and O–H groups in total. The minimum absolute atomic E-state index is 0.197. The lowest BCUT2D eigenvalue weighted by Gasteiger charge is -2.14. The molecule has 0 amide bonds. The Labute approximate surface area is 132 Å². The minimum atomic E-state index is 0.197. The molecule has 0 spiro atoms. The summed E-state index contributed by atoms with van der Waals surface area (Å²) in [6.07, 6.45) is 7.60. The van der Waals surface area contributed by atoms with E-state index in [1.54, 1.807) is 0 Å². The standard InChI is InChI=1S/C20H22N2/c1-2-4-10-15(9-3-1)21-22-20-18-13-7-5-11-16(18)17-12-6-8-14-19(17)20/h5-8,11-14,20,22H,1-4,9-10H2. The fourth-order valence-corrected chi connectivity index (χ4v) is 3.70. The van der Waals surface area contributed by atoms with Gasteiger partial charge in [-0.05, 0) is 47.9 Å². The van der Waals surface area contributed by atoms with Crippen molar-refractivity contribution in [2.24, 2.45) is 5.10 Å². The maximum atomic E-state index is 4.79. The summed E-state index contributed by atoms with van der Waals surface area (Å²) in [5.74, 6) is 0. The maximum absolute atomic E-state index is 4.79. The number of hydrogen-bond acceptors (Lipinski definition) is 2. The van der Waals surface area contributed by atoms with Crippen LogP contribution in [0.15, 0.2) is 53.6 Å². The summed E-state index contributed by atoms with van der Waals surface area (Å²) < 4.78 is 0. The predicted molar refractivity (Wildman–Crippen MR) is 92.0 cm³/mol. The molecule has 1 fully saturated rings. The molecule has 0 unspecified atom stereocenters. The molecule has 0 saturated heterocycles. The van der Waals surface area contributed by atoms with Crippen LogP contribution >= 0.6 is 0 Å². The van der Waals surface area contributed by atoms with E-state index in [9.17, 15) is 0 Å². The van der Waals surface area contributed by atoms with E-state index in [2.05, 4.69) is 54.0 Å². The average molecular weight is 290 g/mol. The fourth-order valence-electron chi connectivity index (χ4n) is 3.70. The molecule has 2 aromatic rings. The molecular formula is C20H22N2. The van der Waals surface area contributed by atoms with Gasteiger partial charge >= 0.3 is 0 Å². The molecule has 0 heterocycles. The molecule has 0 bridgehead atoms. The Morgan fingerprint density at radius 1 is 0.727 bits per heavy atom. The Kier molecular flexibility index (Phi) is 3.67. The van der Waals surface area contributed by atoms with Gasteiger partial charge < -0.3 is 0 Å². The third kappa shape index (κ3) is 2.43. The Morgan fingerprint density at radius 2 is 1.27 bits per heavy atom. The second-order valence-electron chi connectivity index (χ2n) is 6.33. The predicted octanol–water partition coefficient (Wildman–Crippen LogP) is 5.06. The first kappa shape index (κ1) is 13.6. The number of nitrogens with one attached hydrogen (secondary N) is 1. The lowest BCUT2D eigenvalue weighted by molar-refractivity contribution is 0.646. The third-order valence-electron chi connectivity index (χ3n) is 4.87. The van der Waals surface area contributed by atoms with Gasteiger partial charge in [-0.25, -0.2) is 0 Å². The lowest BCUT2D eigenvalue weighted by Crippen LogP contribution is -2.17. The van der Waals surface area contributed by atoms with Crippen molar-refractivity contribution < 1.29 is 0 Å². The van der Waals surface area contributed by atoms with Crippen LogP contribution < -0.4 is 5.43 Å². The van der Waals surface area contributed by atoms with Crippen molar-refractivity contribution in [1.82, 2.24) is 5.43 Å². The molecule has 0 radical (unpaired) electrons. The average Bonchev–Trinajstić information content (AvgIpc) is 2.72. The normalized spacial score (nSPS) is 17.5. The van der Waals surface area contributed by atoms with Crippen molar-refractivity contribution in [2.75, 3.05) is 0 Å². The molecule has 0 atom stereocenters. The molecule has 2 aromatic carbocycles. The van der Waals surface area contributed by atoms with Gasteiger partial charge in [0.1, 0.15) is 0 Å². The van der Waals surface area contributed by atoms with Crippen LogP contribution in [0.25, 0.3) is 11.1 Å². The van der Waals surface area contributed by atoms with Gasteiger partial charge in [-0.15, -0.1) is 0 Å². The first-order chi connectivity index (χ1) is 10.9. The molecule has 0 aliphatic heterocycles. The molecule has 112 valence electrons. The molecule has 2 aliphatic rings. The molecule has 2 aliphatic carbocycles. The maximum Gasteiger partial charge on any atom is 0.0951 e. The van der Waals surface area contributed by atoms with Crippen LogP contribution in [-0.2, 0) is 0 Å². The first-order valence-electron chi connectivity index (χ1n) is 8.43.